The Labute approximate surface area is 121 Å². The first-order chi connectivity index (χ1) is 9.62. The van der Waals surface area contributed by atoms with Gasteiger partial charge >= 0.3 is 5.97 Å². The Morgan fingerprint density at radius 2 is 1.81 bits per heavy atom. The summed E-state index contributed by atoms with van der Waals surface area (Å²) in [5.74, 6) is -6.71. The van der Waals surface area contributed by atoms with Crippen molar-refractivity contribution in [3.63, 3.8) is 0 Å². The smallest absolute Gasteiger partial charge is 0.308 e. The summed E-state index contributed by atoms with van der Waals surface area (Å²) >= 11 is 0. The van der Waals surface area contributed by atoms with E-state index in [1.165, 1.54) is 0 Å². The van der Waals surface area contributed by atoms with Gasteiger partial charge in [-0.05, 0) is 32.4 Å². The molecular weight excluding hydrogens is 283 g/mol. The molecule has 21 heavy (non-hydrogen) atoms. The molecule has 3 nitrogen and oxygen atoms in total. The quantitative estimate of drug-likeness (QED) is 0.854. The number of carbonyl (C=O) groups is 1. The molecule has 0 unspecified atom stereocenters. The summed E-state index contributed by atoms with van der Waals surface area (Å²) in [7, 11) is 0. The molecule has 0 radical (unpaired) electrons. The van der Waals surface area contributed by atoms with Gasteiger partial charge in [0.05, 0.1) is 5.92 Å². The van der Waals surface area contributed by atoms with E-state index in [0.29, 0.717) is 6.54 Å². The van der Waals surface area contributed by atoms with Crippen LogP contribution in [0.2, 0.25) is 0 Å². The Bertz CT molecular complexity index is 569. The molecule has 1 aromatic rings. The van der Waals surface area contributed by atoms with Gasteiger partial charge < -0.3 is 5.11 Å². The molecular formula is C15H18F3NO2. The van der Waals surface area contributed by atoms with Crippen LogP contribution in [0.15, 0.2) is 12.1 Å². The Balaban J connectivity index is 2.42. The van der Waals surface area contributed by atoms with Crippen molar-refractivity contribution in [2.45, 2.75) is 32.2 Å². The van der Waals surface area contributed by atoms with Gasteiger partial charge in [0, 0.05) is 24.5 Å². The van der Waals surface area contributed by atoms with Crippen LogP contribution in [-0.4, -0.2) is 34.6 Å². The highest BCUT2D eigenvalue weighted by Crippen LogP contribution is 2.38. The molecule has 2 atom stereocenters. The lowest BCUT2D eigenvalue weighted by molar-refractivity contribution is -0.141. The fourth-order valence-corrected chi connectivity index (χ4v) is 2.74. The first-order valence-electron chi connectivity index (χ1n) is 6.74. The molecule has 2 rings (SSSR count). The molecule has 1 aliphatic rings. The van der Waals surface area contributed by atoms with Crippen molar-refractivity contribution in [3.05, 3.63) is 35.1 Å². The molecule has 1 fully saturated rings. The summed E-state index contributed by atoms with van der Waals surface area (Å²) < 4.78 is 40.4. The molecule has 1 saturated heterocycles. The van der Waals surface area contributed by atoms with Crippen molar-refractivity contribution in [2.24, 2.45) is 5.92 Å². The number of halogens is 3. The Hall–Kier alpha value is -1.56. The second kappa shape index (κ2) is 5.33. The largest absolute Gasteiger partial charge is 0.481 e. The van der Waals surface area contributed by atoms with E-state index in [0.717, 1.165) is 12.1 Å². The lowest BCUT2D eigenvalue weighted by Crippen LogP contribution is -2.40. The first kappa shape index (κ1) is 15.8. The number of likely N-dealkylation sites (tertiary alicyclic amines) is 1. The van der Waals surface area contributed by atoms with E-state index >= 15 is 0 Å². The summed E-state index contributed by atoms with van der Waals surface area (Å²) in [4.78, 5) is 13.3. The molecule has 0 spiro atoms. The number of benzene rings is 1. The van der Waals surface area contributed by atoms with Gasteiger partial charge in [-0.15, -0.1) is 0 Å². The van der Waals surface area contributed by atoms with Gasteiger partial charge in [0.2, 0.25) is 0 Å². The zero-order valence-electron chi connectivity index (χ0n) is 12.2. The van der Waals surface area contributed by atoms with E-state index in [-0.39, 0.29) is 17.6 Å². The van der Waals surface area contributed by atoms with Crippen LogP contribution in [0, 0.1) is 23.4 Å². The van der Waals surface area contributed by atoms with Gasteiger partial charge in [0.1, 0.15) is 0 Å². The van der Waals surface area contributed by atoms with Crippen LogP contribution in [0.3, 0.4) is 0 Å². The van der Waals surface area contributed by atoms with E-state index in [1.807, 2.05) is 25.7 Å². The van der Waals surface area contributed by atoms with Crippen LogP contribution in [0.25, 0.3) is 0 Å². The maximum absolute atomic E-state index is 13.9. The van der Waals surface area contributed by atoms with Gasteiger partial charge in [0.15, 0.2) is 17.5 Å². The van der Waals surface area contributed by atoms with Gasteiger partial charge in [-0.25, -0.2) is 13.2 Å². The number of hydrogen-bond donors (Lipinski definition) is 1. The van der Waals surface area contributed by atoms with Crippen LogP contribution >= 0.6 is 0 Å². The van der Waals surface area contributed by atoms with E-state index < -0.39 is 35.3 Å². The van der Waals surface area contributed by atoms with E-state index in [9.17, 15) is 23.1 Å². The highest BCUT2D eigenvalue weighted by atomic mass is 19.2. The predicted molar refractivity (Wildman–Crippen MR) is 71.5 cm³/mol. The van der Waals surface area contributed by atoms with Crippen LogP contribution in [-0.2, 0) is 4.79 Å². The van der Waals surface area contributed by atoms with Crippen LogP contribution in [0.4, 0.5) is 13.2 Å². The second-order valence-electron chi connectivity index (χ2n) is 6.39. The molecule has 1 N–H and O–H groups in total. The number of rotatable bonds is 2. The van der Waals surface area contributed by atoms with Crippen molar-refractivity contribution in [2.75, 3.05) is 13.1 Å². The van der Waals surface area contributed by atoms with E-state index in [1.54, 1.807) is 0 Å². The predicted octanol–water partition coefficient (Wildman–Crippen LogP) is 3.00. The summed E-state index contributed by atoms with van der Waals surface area (Å²) in [5.41, 5.74) is -0.356. The minimum atomic E-state index is -1.55. The topological polar surface area (TPSA) is 40.5 Å². The van der Waals surface area contributed by atoms with Gasteiger partial charge in [-0.3, -0.25) is 9.69 Å². The summed E-state index contributed by atoms with van der Waals surface area (Å²) in [6.45, 7) is 6.33. The zero-order valence-corrected chi connectivity index (χ0v) is 12.2. The van der Waals surface area contributed by atoms with Crippen molar-refractivity contribution in [1.29, 1.82) is 0 Å². The van der Waals surface area contributed by atoms with Crippen LogP contribution in [0.1, 0.15) is 32.3 Å². The number of hydrogen-bond acceptors (Lipinski definition) is 2. The second-order valence-corrected chi connectivity index (χ2v) is 6.39. The fraction of sp³-hybridized carbons (Fsp3) is 0.533. The molecule has 0 amide bonds. The Morgan fingerprint density at radius 1 is 1.19 bits per heavy atom. The fourth-order valence-electron chi connectivity index (χ4n) is 2.74. The van der Waals surface area contributed by atoms with Gasteiger partial charge in [-0.1, -0.05) is 6.07 Å². The molecule has 1 aliphatic heterocycles. The molecule has 1 heterocycles. The summed E-state index contributed by atoms with van der Waals surface area (Å²) in [6.07, 6.45) is 0. The average Bonchev–Trinajstić information content (AvgIpc) is 2.81. The normalized spacial score (nSPS) is 23.5. The lowest BCUT2D eigenvalue weighted by atomic mass is 9.88. The third-order valence-corrected chi connectivity index (χ3v) is 4.05. The highest BCUT2D eigenvalue weighted by Gasteiger charge is 2.43. The van der Waals surface area contributed by atoms with Crippen molar-refractivity contribution in [3.8, 4) is 0 Å². The standard InChI is InChI=1S/C15H18F3NO2/c1-15(2,3)19-6-9(10(7-19)14(20)21)8-4-5-11(16)13(18)12(8)17/h4-5,9-10H,6-7H2,1-3H3,(H,20,21)/t9-,10+/m0/s1. The van der Waals surface area contributed by atoms with E-state index in [4.69, 9.17) is 0 Å². The zero-order chi connectivity index (χ0) is 15.9. The molecule has 1 aromatic carbocycles. The molecule has 6 heteroatoms. The lowest BCUT2D eigenvalue weighted by Gasteiger charge is -2.31. The van der Waals surface area contributed by atoms with Gasteiger partial charge in [-0.2, -0.15) is 0 Å². The van der Waals surface area contributed by atoms with Crippen molar-refractivity contribution in [1.82, 2.24) is 4.90 Å². The third-order valence-electron chi connectivity index (χ3n) is 4.05. The van der Waals surface area contributed by atoms with Crippen LogP contribution in [0.5, 0.6) is 0 Å². The number of aliphatic carboxylic acids is 1. The number of nitrogens with zero attached hydrogens (tertiary/aromatic N) is 1. The molecule has 116 valence electrons. The molecule has 0 saturated carbocycles. The van der Waals surface area contributed by atoms with Gasteiger partial charge in [0.25, 0.3) is 0 Å². The summed E-state index contributed by atoms with van der Waals surface area (Å²) in [5, 5.41) is 9.33. The maximum Gasteiger partial charge on any atom is 0.308 e. The molecule has 0 bridgehead atoms. The van der Waals surface area contributed by atoms with Crippen molar-refractivity contribution < 1.29 is 23.1 Å². The molecule has 0 aliphatic carbocycles. The number of carboxylic acids is 1. The third kappa shape index (κ3) is 2.90. The maximum atomic E-state index is 13.9. The Morgan fingerprint density at radius 3 is 2.33 bits per heavy atom. The van der Waals surface area contributed by atoms with Crippen LogP contribution < -0.4 is 0 Å². The Kier molecular flexibility index (Phi) is 4.02. The molecule has 0 aromatic heterocycles. The minimum Gasteiger partial charge on any atom is -0.481 e. The highest BCUT2D eigenvalue weighted by molar-refractivity contribution is 5.72. The number of carboxylic acid groups (broad SMARTS) is 1. The minimum absolute atomic E-state index is 0.0759. The van der Waals surface area contributed by atoms with E-state index in [2.05, 4.69) is 0 Å². The monoisotopic (exact) mass is 301 g/mol. The SMILES string of the molecule is CC(C)(C)N1C[C@@H](C(=O)O)[C@H](c2ccc(F)c(F)c2F)C1. The summed E-state index contributed by atoms with van der Waals surface area (Å²) in [6, 6.07) is 1.98. The average molecular weight is 301 g/mol. The van der Waals surface area contributed by atoms with Crippen molar-refractivity contribution >= 4 is 5.97 Å². The first-order valence-corrected chi connectivity index (χ1v) is 6.74.